The first-order valence-corrected chi connectivity index (χ1v) is 7.21. The Morgan fingerprint density at radius 1 is 1.53 bits per heavy atom. The molecule has 0 bridgehead atoms. The van der Waals surface area contributed by atoms with Gasteiger partial charge in [-0.15, -0.1) is 0 Å². The number of aromatic nitrogens is 2. The fraction of sp³-hybridized carbons (Fsp3) is 0.769. The summed E-state index contributed by atoms with van der Waals surface area (Å²) in [5.74, 6) is 0. The monoisotopic (exact) mass is 287 g/mol. The molecule has 19 heavy (non-hydrogen) atoms. The van der Waals surface area contributed by atoms with Crippen molar-refractivity contribution in [2.45, 2.75) is 44.9 Å². The molecular formula is C13H22ClN3O2. The van der Waals surface area contributed by atoms with Crippen LogP contribution in [0.3, 0.4) is 0 Å². The highest BCUT2D eigenvalue weighted by atomic mass is 35.5. The number of hydrogen-bond donors (Lipinski definition) is 1. The summed E-state index contributed by atoms with van der Waals surface area (Å²) >= 11 is 6.25. The lowest BCUT2D eigenvalue weighted by atomic mass is 9.84. The van der Waals surface area contributed by atoms with Crippen molar-refractivity contribution in [2.75, 3.05) is 19.8 Å². The van der Waals surface area contributed by atoms with Crippen LogP contribution in [0.25, 0.3) is 0 Å². The molecule has 1 aromatic rings. The molecule has 0 saturated carbocycles. The van der Waals surface area contributed by atoms with E-state index in [2.05, 4.69) is 5.10 Å². The Balaban J connectivity index is 2.32. The average Bonchev–Trinajstić information content (AvgIpc) is 2.80. The standard InChI is InChI=1S/C13H22ClN3O2/c1-3-17-11(10(14)9-16-17)12(15)13(19-4-2)5-7-18-8-6-13/h9,12H,3-8,15H2,1-2H3. The third-order valence-electron chi connectivity index (χ3n) is 3.77. The van der Waals surface area contributed by atoms with E-state index in [1.54, 1.807) is 6.20 Å². The average molecular weight is 288 g/mol. The van der Waals surface area contributed by atoms with Crippen LogP contribution in [-0.2, 0) is 16.0 Å². The Morgan fingerprint density at radius 2 is 2.21 bits per heavy atom. The van der Waals surface area contributed by atoms with Crippen LogP contribution < -0.4 is 5.73 Å². The van der Waals surface area contributed by atoms with Gasteiger partial charge in [0.15, 0.2) is 0 Å². The van der Waals surface area contributed by atoms with Crippen molar-refractivity contribution in [2.24, 2.45) is 5.73 Å². The lowest BCUT2D eigenvalue weighted by Gasteiger charge is -2.41. The number of halogens is 1. The minimum Gasteiger partial charge on any atom is -0.381 e. The minimum atomic E-state index is -0.399. The van der Waals surface area contributed by atoms with Gasteiger partial charge in [-0.05, 0) is 13.8 Å². The quantitative estimate of drug-likeness (QED) is 0.901. The second-order valence-corrected chi connectivity index (χ2v) is 5.19. The molecule has 1 saturated heterocycles. The van der Waals surface area contributed by atoms with Gasteiger partial charge in [0.05, 0.1) is 28.6 Å². The molecule has 5 nitrogen and oxygen atoms in total. The number of nitrogens with zero attached hydrogens (tertiary/aromatic N) is 2. The van der Waals surface area contributed by atoms with Gasteiger partial charge < -0.3 is 15.2 Å². The molecule has 1 unspecified atom stereocenters. The maximum atomic E-state index is 6.49. The van der Waals surface area contributed by atoms with Gasteiger partial charge in [0.2, 0.25) is 0 Å². The van der Waals surface area contributed by atoms with Crippen molar-refractivity contribution >= 4 is 11.6 Å². The van der Waals surface area contributed by atoms with Gasteiger partial charge in [0.25, 0.3) is 0 Å². The number of aryl methyl sites for hydroxylation is 1. The Kier molecular flexibility index (Phi) is 4.84. The summed E-state index contributed by atoms with van der Waals surface area (Å²) in [5, 5.41) is 4.87. The third kappa shape index (κ3) is 2.79. The second-order valence-electron chi connectivity index (χ2n) is 4.78. The highest BCUT2D eigenvalue weighted by molar-refractivity contribution is 6.31. The number of ether oxygens (including phenoxy) is 2. The molecule has 1 aliphatic heterocycles. The van der Waals surface area contributed by atoms with Crippen LogP contribution >= 0.6 is 11.6 Å². The topological polar surface area (TPSA) is 62.3 Å². The van der Waals surface area contributed by atoms with Gasteiger partial charge in [-0.3, -0.25) is 4.68 Å². The Hall–Kier alpha value is -0.620. The van der Waals surface area contributed by atoms with Crippen LogP contribution in [0.4, 0.5) is 0 Å². The van der Waals surface area contributed by atoms with E-state index < -0.39 is 5.60 Å². The second kappa shape index (κ2) is 6.22. The molecule has 2 N–H and O–H groups in total. The molecule has 1 aromatic heterocycles. The Morgan fingerprint density at radius 3 is 2.79 bits per heavy atom. The molecule has 1 fully saturated rings. The molecule has 1 aliphatic rings. The fourth-order valence-electron chi connectivity index (χ4n) is 2.73. The molecule has 2 rings (SSSR count). The van der Waals surface area contributed by atoms with Crippen molar-refractivity contribution < 1.29 is 9.47 Å². The highest BCUT2D eigenvalue weighted by Crippen LogP contribution is 2.38. The molecule has 0 radical (unpaired) electrons. The summed E-state index contributed by atoms with van der Waals surface area (Å²) in [6.45, 7) is 6.73. The largest absolute Gasteiger partial charge is 0.381 e. The smallest absolute Gasteiger partial charge is 0.0933 e. The summed E-state index contributed by atoms with van der Waals surface area (Å²) in [6, 6.07) is -0.286. The Bertz CT molecular complexity index is 411. The van der Waals surface area contributed by atoms with Gasteiger partial charge in [0.1, 0.15) is 0 Å². The molecule has 0 aromatic carbocycles. The van der Waals surface area contributed by atoms with Crippen LogP contribution in [0.2, 0.25) is 5.02 Å². The molecular weight excluding hydrogens is 266 g/mol. The van der Waals surface area contributed by atoms with Crippen LogP contribution in [0.15, 0.2) is 6.20 Å². The van der Waals surface area contributed by atoms with E-state index in [9.17, 15) is 0 Å². The zero-order valence-corrected chi connectivity index (χ0v) is 12.3. The molecule has 108 valence electrons. The lowest BCUT2D eigenvalue weighted by molar-refractivity contribution is -0.122. The van der Waals surface area contributed by atoms with E-state index in [-0.39, 0.29) is 6.04 Å². The third-order valence-corrected chi connectivity index (χ3v) is 4.06. The zero-order valence-electron chi connectivity index (χ0n) is 11.6. The van der Waals surface area contributed by atoms with Crippen molar-refractivity contribution in [3.05, 3.63) is 16.9 Å². The summed E-state index contributed by atoms with van der Waals surface area (Å²) < 4.78 is 13.3. The maximum Gasteiger partial charge on any atom is 0.0933 e. The van der Waals surface area contributed by atoms with E-state index in [1.165, 1.54) is 0 Å². The highest BCUT2D eigenvalue weighted by Gasteiger charge is 2.42. The molecule has 0 spiro atoms. The molecule has 0 aliphatic carbocycles. The summed E-state index contributed by atoms with van der Waals surface area (Å²) in [5.41, 5.74) is 6.95. The van der Waals surface area contributed by atoms with Gasteiger partial charge in [0, 0.05) is 39.2 Å². The molecule has 1 atom stereocenters. The first-order chi connectivity index (χ1) is 9.14. The number of hydrogen-bond acceptors (Lipinski definition) is 4. The summed E-state index contributed by atoms with van der Waals surface area (Å²) in [7, 11) is 0. The van der Waals surface area contributed by atoms with Crippen molar-refractivity contribution in [3.63, 3.8) is 0 Å². The van der Waals surface area contributed by atoms with Crippen molar-refractivity contribution in [1.82, 2.24) is 9.78 Å². The predicted octanol–water partition coefficient (Wildman–Crippen LogP) is 2.14. The number of rotatable bonds is 5. The van der Waals surface area contributed by atoms with Crippen LogP contribution in [0.1, 0.15) is 38.4 Å². The zero-order chi connectivity index (χ0) is 13.9. The van der Waals surface area contributed by atoms with Crippen molar-refractivity contribution in [1.29, 1.82) is 0 Å². The molecule has 0 amide bonds. The molecule has 2 heterocycles. The predicted molar refractivity (Wildman–Crippen MR) is 74.2 cm³/mol. The van der Waals surface area contributed by atoms with Gasteiger partial charge in [-0.25, -0.2) is 0 Å². The van der Waals surface area contributed by atoms with Crippen LogP contribution in [-0.4, -0.2) is 35.2 Å². The van der Waals surface area contributed by atoms with Crippen molar-refractivity contribution in [3.8, 4) is 0 Å². The van der Waals surface area contributed by atoms with Crippen LogP contribution in [0.5, 0.6) is 0 Å². The SMILES string of the molecule is CCOC1(C(N)c2c(Cl)cnn2CC)CCOCC1. The van der Waals surface area contributed by atoms with E-state index in [0.29, 0.717) is 24.8 Å². The van der Waals surface area contributed by atoms with E-state index in [4.69, 9.17) is 26.8 Å². The lowest BCUT2D eigenvalue weighted by Crippen LogP contribution is -2.48. The molecule has 6 heteroatoms. The van der Waals surface area contributed by atoms with Gasteiger partial charge in [-0.1, -0.05) is 11.6 Å². The van der Waals surface area contributed by atoms with E-state index in [0.717, 1.165) is 25.1 Å². The Labute approximate surface area is 119 Å². The minimum absolute atomic E-state index is 0.286. The summed E-state index contributed by atoms with van der Waals surface area (Å²) in [6.07, 6.45) is 3.22. The van der Waals surface area contributed by atoms with E-state index in [1.807, 2.05) is 18.5 Å². The normalized spacial score (nSPS) is 20.4. The first kappa shape index (κ1) is 14.8. The fourth-order valence-corrected chi connectivity index (χ4v) is 2.99. The maximum absolute atomic E-state index is 6.49. The summed E-state index contributed by atoms with van der Waals surface area (Å²) in [4.78, 5) is 0. The van der Waals surface area contributed by atoms with E-state index >= 15 is 0 Å². The van der Waals surface area contributed by atoms with Gasteiger partial charge >= 0.3 is 0 Å². The number of nitrogens with two attached hydrogens (primary N) is 1. The van der Waals surface area contributed by atoms with Crippen LogP contribution in [0, 0.1) is 0 Å². The first-order valence-electron chi connectivity index (χ1n) is 6.83. The van der Waals surface area contributed by atoms with Gasteiger partial charge in [-0.2, -0.15) is 5.10 Å².